The molecule has 192 valence electrons. The summed E-state index contributed by atoms with van der Waals surface area (Å²) in [5.74, 6) is 1.69. The zero-order chi connectivity index (χ0) is 25.6. The summed E-state index contributed by atoms with van der Waals surface area (Å²) in [7, 11) is -0.787. The predicted octanol–water partition coefficient (Wildman–Crippen LogP) is 6.28. The Morgan fingerprint density at radius 3 is 1.94 bits per heavy atom. The highest BCUT2D eigenvalue weighted by atomic mass is 31.2. The molecule has 0 aromatic heterocycles. The van der Waals surface area contributed by atoms with E-state index in [0.717, 1.165) is 19.3 Å². The van der Waals surface area contributed by atoms with Gasteiger partial charge in [-0.05, 0) is 49.2 Å². The summed E-state index contributed by atoms with van der Waals surface area (Å²) < 4.78 is 40.5. The first-order valence-electron chi connectivity index (χ1n) is 11.8. The van der Waals surface area contributed by atoms with Gasteiger partial charge in [0.25, 0.3) is 5.91 Å². The number of ether oxygens (including phenoxy) is 2. The summed E-state index contributed by atoms with van der Waals surface area (Å²) in [6.07, 6.45) is 3.16. The molecule has 0 saturated heterocycles. The van der Waals surface area contributed by atoms with Crippen molar-refractivity contribution in [1.29, 1.82) is 0 Å². The van der Waals surface area contributed by atoms with Crippen LogP contribution in [0.15, 0.2) is 78.9 Å². The van der Waals surface area contributed by atoms with E-state index in [2.05, 4.69) is 5.32 Å². The van der Waals surface area contributed by atoms with Crippen molar-refractivity contribution in [1.82, 2.24) is 5.32 Å². The van der Waals surface area contributed by atoms with Crippen molar-refractivity contribution in [3.63, 3.8) is 0 Å². The van der Waals surface area contributed by atoms with Gasteiger partial charge in [-0.25, -0.2) is 4.57 Å². The van der Waals surface area contributed by atoms with Gasteiger partial charge in [0.2, 0.25) is 0 Å². The number of phosphoric acid groups is 1. The van der Waals surface area contributed by atoms with Crippen LogP contribution in [0.1, 0.15) is 36.0 Å². The average Bonchev–Trinajstić information content (AvgIpc) is 2.90. The molecule has 0 saturated carbocycles. The van der Waals surface area contributed by atoms with Crippen molar-refractivity contribution in [2.75, 3.05) is 27.4 Å². The number of hydrogen-bond donors (Lipinski definition) is 1. The Morgan fingerprint density at radius 2 is 1.36 bits per heavy atom. The topological polar surface area (TPSA) is 92.3 Å². The van der Waals surface area contributed by atoms with E-state index in [9.17, 15) is 9.36 Å². The molecule has 9 heteroatoms. The predicted molar refractivity (Wildman–Crippen MR) is 138 cm³/mol. The highest BCUT2D eigenvalue weighted by Crippen LogP contribution is 2.49. The van der Waals surface area contributed by atoms with E-state index in [1.807, 2.05) is 12.1 Å². The molecule has 1 N–H and O–H groups in total. The standard InChI is InChI=1S/C27H32NO7P/c1-31-24-17-18-25(26(21-24)32-2)27(29)28-19-11-3-4-12-20-33-36(30,34-22-13-7-5-8-14-22)35-23-15-9-6-10-16-23/h5-10,13-18,21H,3-4,11-12,19-20H2,1-2H3,(H,28,29). The van der Waals surface area contributed by atoms with Crippen LogP contribution in [0.3, 0.4) is 0 Å². The largest absolute Gasteiger partial charge is 0.587 e. The first-order chi connectivity index (χ1) is 17.5. The minimum atomic E-state index is -3.86. The molecule has 0 heterocycles. The van der Waals surface area contributed by atoms with Gasteiger partial charge in [0.05, 0.1) is 26.4 Å². The molecule has 0 unspecified atom stereocenters. The summed E-state index contributed by atoms with van der Waals surface area (Å²) in [5.41, 5.74) is 0.458. The molecule has 0 aliphatic heterocycles. The highest BCUT2D eigenvalue weighted by molar-refractivity contribution is 7.49. The van der Waals surface area contributed by atoms with Gasteiger partial charge in [0.15, 0.2) is 0 Å². The second-order valence-electron chi connectivity index (χ2n) is 7.83. The Kier molecular flexibility index (Phi) is 10.7. The second kappa shape index (κ2) is 14.2. The molecular formula is C27H32NO7P. The van der Waals surface area contributed by atoms with Gasteiger partial charge < -0.3 is 23.8 Å². The van der Waals surface area contributed by atoms with Gasteiger partial charge in [-0.1, -0.05) is 49.2 Å². The van der Waals surface area contributed by atoms with Gasteiger partial charge in [0.1, 0.15) is 23.0 Å². The van der Waals surface area contributed by atoms with E-state index < -0.39 is 7.82 Å². The molecule has 3 rings (SSSR count). The van der Waals surface area contributed by atoms with Crippen LogP contribution >= 0.6 is 7.82 Å². The van der Waals surface area contributed by atoms with E-state index in [1.165, 1.54) is 7.11 Å². The Hall–Kier alpha value is -3.48. The smallest absolute Gasteiger partial charge is 0.497 e. The molecule has 0 spiro atoms. The number of nitrogens with one attached hydrogen (secondary N) is 1. The van der Waals surface area contributed by atoms with Crippen LogP contribution in [-0.4, -0.2) is 33.3 Å². The zero-order valence-corrected chi connectivity index (χ0v) is 21.4. The Labute approximate surface area is 212 Å². The van der Waals surface area contributed by atoms with Gasteiger partial charge >= 0.3 is 7.82 Å². The third-order valence-electron chi connectivity index (χ3n) is 5.18. The van der Waals surface area contributed by atoms with Crippen molar-refractivity contribution >= 4 is 13.7 Å². The van der Waals surface area contributed by atoms with Crippen LogP contribution in [0, 0.1) is 0 Å². The lowest BCUT2D eigenvalue weighted by Gasteiger charge is -2.19. The van der Waals surface area contributed by atoms with E-state index >= 15 is 0 Å². The van der Waals surface area contributed by atoms with Crippen LogP contribution in [0.5, 0.6) is 23.0 Å². The molecule has 0 atom stereocenters. The number of carbonyl (C=O) groups is 1. The number of amides is 1. The minimum absolute atomic E-state index is 0.199. The fourth-order valence-electron chi connectivity index (χ4n) is 3.33. The summed E-state index contributed by atoms with van der Waals surface area (Å²) in [6, 6.07) is 22.7. The molecule has 3 aromatic carbocycles. The zero-order valence-electron chi connectivity index (χ0n) is 20.6. The van der Waals surface area contributed by atoms with Crippen LogP contribution in [0.4, 0.5) is 0 Å². The third-order valence-corrected chi connectivity index (χ3v) is 6.55. The van der Waals surface area contributed by atoms with Crippen LogP contribution in [-0.2, 0) is 9.09 Å². The maximum atomic E-state index is 13.3. The minimum Gasteiger partial charge on any atom is -0.497 e. The lowest BCUT2D eigenvalue weighted by molar-refractivity contribution is 0.0949. The molecule has 0 aliphatic carbocycles. The van der Waals surface area contributed by atoms with Gasteiger partial charge in [0, 0.05) is 12.6 Å². The van der Waals surface area contributed by atoms with E-state index in [0.29, 0.717) is 41.5 Å². The first-order valence-corrected chi connectivity index (χ1v) is 13.2. The summed E-state index contributed by atoms with van der Waals surface area (Å²) in [5, 5.41) is 2.91. The SMILES string of the molecule is COc1ccc(C(=O)NCCCCCCOP(=O)(Oc2ccccc2)Oc2ccccc2)c(OC)c1. The van der Waals surface area contributed by atoms with Crippen LogP contribution in [0.25, 0.3) is 0 Å². The summed E-state index contributed by atoms with van der Waals surface area (Å²) in [6.45, 7) is 0.744. The molecule has 1 amide bonds. The van der Waals surface area contributed by atoms with Gasteiger partial charge in [-0.3, -0.25) is 9.32 Å². The van der Waals surface area contributed by atoms with Crippen LogP contribution in [0.2, 0.25) is 0 Å². The number of unbranched alkanes of at least 4 members (excludes halogenated alkanes) is 3. The van der Waals surface area contributed by atoms with E-state index in [-0.39, 0.29) is 12.5 Å². The number of rotatable bonds is 15. The maximum Gasteiger partial charge on any atom is 0.587 e. The number of hydrogen-bond acceptors (Lipinski definition) is 7. The third kappa shape index (κ3) is 8.63. The second-order valence-corrected chi connectivity index (χ2v) is 9.34. The molecule has 0 bridgehead atoms. The monoisotopic (exact) mass is 513 g/mol. The maximum absolute atomic E-state index is 13.3. The van der Waals surface area contributed by atoms with Crippen molar-refractivity contribution < 1.29 is 32.4 Å². The average molecular weight is 514 g/mol. The van der Waals surface area contributed by atoms with Crippen LogP contribution < -0.4 is 23.8 Å². The van der Waals surface area contributed by atoms with E-state index in [4.69, 9.17) is 23.0 Å². The number of benzene rings is 3. The number of carbonyl (C=O) groups excluding carboxylic acids is 1. The number of para-hydroxylation sites is 2. The molecule has 8 nitrogen and oxygen atoms in total. The fraction of sp³-hybridized carbons (Fsp3) is 0.296. The highest BCUT2D eigenvalue weighted by Gasteiger charge is 2.30. The Bertz CT molecular complexity index is 1080. The summed E-state index contributed by atoms with van der Waals surface area (Å²) >= 11 is 0. The molecule has 3 aromatic rings. The summed E-state index contributed by atoms with van der Waals surface area (Å²) in [4.78, 5) is 12.5. The lowest BCUT2D eigenvalue weighted by Crippen LogP contribution is -2.24. The fourth-order valence-corrected chi connectivity index (χ4v) is 4.59. The Balaban J connectivity index is 1.40. The molecule has 0 fully saturated rings. The molecular weight excluding hydrogens is 481 g/mol. The van der Waals surface area contributed by atoms with E-state index in [1.54, 1.807) is 73.8 Å². The molecule has 0 radical (unpaired) electrons. The quantitative estimate of drug-likeness (QED) is 0.189. The van der Waals surface area contributed by atoms with Crippen molar-refractivity contribution in [3.05, 3.63) is 84.4 Å². The van der Waals surface area contributed by atoms with Gasteiger partial charge in [-0.2, -0.15) is 0 Å². The first kappa shape index (κ1) is 27.1. The molecule has 36 heavy (non-hydrogen) atoms. The number of phosphoric ester groups is 1. The van der Waals surface area contributed by atoms with Crippen molar-refractivity contribution in [2.24, 2.45) is 0 Å². The molecule has 0 aliphatic rings. The number of methoxy groups -OCH3 is 2. The van der Waals surface area contributed by atoms with Crippen molar-refractivity contribution in [2.45, 2.75) is 25.7 Å². The Morgan fingerprint density at radius 1 is 0.750 bits per heavy atom. The van der Waals surface area contributed by atoms with Crippen molar-refractivity contribution in [3.8, 4) is 23.0 Å². The lowest BCUT2D eigenvalue weighted by atomic mass is 10.1. The van der Waals surface area contributed by atoms with Gasteiger partial charge in [-0.15, -0.1) is 0 Å². The normalized spacial score (nSPS) is 10.9.